The molecule has 2 aromatic heterocycles. The molecule has 138 valence electrons. The fourth-order valence-corrected chi connectivity index (χ4v) is 4.08. The molecule has 3 saturated heterocycles. The molecule has 0 radical (unpaired) electrons. The van der Waals surface area contributed by atoms with Crippen molar-refractivity contribution in [3.8, 4) is 0 Å². The van der Waals surface area contributed by atoms with Gasteiger partial charge in [0.1, 0.15) is 12.1 Å². The first-order chi connectivity index (χ1) is 13.1. The number of nitrogens with zero attached hydrogens (tertiary/aromatic N) is 7. The molecule has 0 spiro atoms. The summed E-state index contributed by atoms with van der Waals surface area (Å²) in [5, 5.41) is 12.4. The number of piperazine rings is 1. The van der Waals surface area contributed by atoms with E-state index in [2.05, 4.69) is 20.2 Å². The van der Waals surface area contributed by atoms with Gasteiger partial charge in [-0.2, -0.15) is 4.52 Å². The first kappa shape index (κ1) is 16.0. The maximum Gasteiger partial charge on any atom is 0.254 e. The molecule has 0 N–H and O–H groups in total. The van der Waals surface area contributed by atoms with Crippen molar-refractivity contribution in [1.29, 1.82) is 0 Å². The maximum absolute atomic E-state index is 13.1. The number of carbonyl (C=O) groups is 1. The van der Waals surface area contributed by atoms with Crippen molar-refractivity contribution in [3.05, 3.63) is 48.3 Å². The van der Waals surface area contributed by atoms with Gasteiger partial charge in [0.15, 0.2) is 5.65 Å². The maximum atomic E-state index is 13.1. The first-order valence-electron chi connectivity index (χ1n) is 9.12. The smallest absolute Gasteiger partial charge is 0.254 e. The van der Waals surface area contributed by atoms with Crippen molar-refractivity contribution >= 4 is 23.1 Å². The van der Waals surface area contributed by atoms with Crippen LogP contribution in [0.1, 0.15) is 16.8 Å². The van der Waals surface area contributed by atoms with Crippen LogP contribution < -0.4 is 9.80 Å². The summed E-state index contributed by atoms with van der Waals surface area (Å²) >= 11 is 0. The van der Waals surface area contributed by atoms with Gasteiger partial charge >= 0.3 is 0 Å². The standard InChI is InChI=1S/C19H21N7O/c1-23(2)14-5-3-4-13(8-14)19(27)26-15-9-16(26)11-24(10-15)18-7-6-17-21-20-12-25(17)22-18/h3-8,12,15-16H,9-11H2,1-2H3. The topological polar surface area (TPSA) is 69.9 Å². The third-order valence-electron chi connectivity index (χ3n) is 5.51. The Balaban J connectivity index is 1.34. The van der Waals surface area contributed by atoms with Gasteiger partial charge in [-0.25, -0.2) is 0 Å². The molecule has 5 heterocycles. The van der Waals surface area contributed by atoms with Gasteiger partial charge in [0, 0.05) is 38.4 Å². The van der Waals surface area contributed by atoms with Crippen LogP contribution in [0, 0.1) is 0 Å². The van der Waals surface area contributed by atoms with E-state index in [4.69, 9.17) is 0 Å². The summed E-state index contributed by atoms with van der Waals surface area (Å²) in [6, 6.07) is 12.2. The van der Waals surface area contributed by atoms with Crippen LogP contribution in [0.15, 0.2) is 42.7 Å². The van der Waals surface area contributed by atoms with E-state index in [1.807, 2.05) is 60.3 Å². The van der Waals surface area contributed by atoms with Crippen LogP contribution in [0.4, 0.5) is 11.5 Å². The highest BCUT2D eigenvalue weighted by atomic mass is 16.2. The fraction of sp³-hybridized carbons (Fsp3) is 0.368. The van der Waals surface area contributed by atoms with Gasteiger partial charge in [0.25, 0.3) is 5.91 Å². The number of rotatable bonds is 3. The molecule has 2 atom stereocenters. The summed E-state index contributed by atoms with van der Waals surface area (Å²) in [7, 11) is 3.97. The minimum absolute atomic E-state index is 0.127. The zero-order chi connectivity index (χ0) is 18.5. The minimum atomic E-state index is 0.127. The number of fused-ring (bicyclic) bond motifs is 3. The number of amides is 1. The van der Waals surface area contributed by atoms with Gasteiger partial charge in [-0.05, 0) is 36.8 Å². The van der Waals surface area contributed by atoms with Gasteiger partial charge in [-0.1, -0.05) is 6.07 Å². The Hall–Kier alpha value is -3.16. The molecule has 3 fully saturated rings. The Morgan fingerprint density at radius 1 is 1.15 bits per heavy atom. The predicted molar refractivity (Wildman–Crippen MR) is 102 cm³/mol. The first-order valence-corrected chi connectivity index (χ1v) is 9.12. The average molecular weight is 363 g/mol. The van der Waals surface area contributed by atoms with Crippen LogP contribution >= 0.6 is 0 Å². The number of benzene rings is 1. The van der Waals surface area contributed by atoms with E-state index in [9.17, 15) is 4.79 Å². The van der Waals surface area contributed by atoms with Crippen LogP contribution in [-0.4, -0.2) is 69.9 Å². The lowest BCUT2D eigenvalue weighted by Gasteiger charge is -2.56. The van der Waals surface area contributed by atoms with E-state index in [0.29, 0.717) is 0 Å². The molecule has 0 saturated carbocycles. The highest BCUT2D eigenvalue weighted by Crippen LogP contribution is 2.35. The van der Waals surface area contributed by atoms with Crippen LogP contribution in [0.2, 0.25) is 0 Å². The minimum Gasteiger partial charge on any atom is -0.378 e. The van der Waals surface area contributed by atoms with E-state index in [1.165, 1.54) is 0 Å². The van der Waals surface area contributed by atoms with Gasteiger partial charge < -0.3 is 14.7 Å². The molecule has 1 amide bonds. The normalized spacial score (nSPS) is 21.3. The number of aromatic nitrogens is 4. The van der Waals surface area contributed by atoms with Crippen molar-refractivity contribution in [2.45, 2.75) is 18.5 Å². The van der Waals surface area contributed by atoms with Crippen molar-refractivity contribution in [1.82, 2.24) is 24.7 Å². The van der Waals surface area contributed by atoms with Gasteiger partial charge in [0.2, 0.25) is 0 Å². The monoisotopic (exact) mass is 363 g/mol. The number of hydrogen-bond donors (Lipinski definition) is 0. The van der Waals surface area contributed by atoms with E-state index in [0.717, 1.165) is 42.2 Å². The van der Waals surface area contributed by atoms with E-state index < -0.39 is 0 Å². The summed E-state index contributed by atoms with van der Waals surface area (Å²) in [5.74, 6) is 1.03. The zero-order valence-corrected chi connectivity index (χ0v) is 15.4. The Bertz CT molecular complexity index is 1000. The molecule has 3 aliphatic rings. The quantitative estimate of drug-likeness (QED) is 0.699. The second kappa shape index (κ2) is 5.94. The lowest BCUT2D eigenvalue weighted by Crippen LogP contribution is -2.70. The van der Waals surface area contributed by atoms with Crippen LogP contribution in [0.5, 0.6) is 0 Å². The largest absolute Gasteiger partial charge is 0.378 e. The fourth-order valence-electron chi connectivity index (χ4n) is 4.08. The van der Waals surface area contributed by atoms with E-state index in [-0.39, 0.29) is 18.0 Å². The molecule has 2 unspecified atom stereocenters. The summed E-state index contributed by atoms with van der Waals surface area (Å²) in [5.41, 5.74) is 2.53. The summed E-state index contributed by atoms with van der Waals surface area (Å²) in [6.45, 7) is 1.60. The molecule has 27 heavy (non-hydrogen) atoms. The van der Waals surface area contributed by atoms with E-state index >= 15 is 0 Å². The molecule has 1 aromatic carbocycles. The molecular weight excluding hydrogens is 342 g/mol. The van der Waals surface area contributed by atoms with Crippen molar-refractivity contribution in [2.75, 3.05) is 37.0 Å². The second-order valence-corrected chi connectivity index (χ2v) is 7.43. The van der Waals surface area contributed by atoms with Gasteiger partial charge in [-0.3, -0.25) is 4.79 Å². The van der Waals surface area contributed by atoms with E-state index in [1.54, 1.807) is 10.8 Å². The zero-order valence-electron chi connectivity index (χ0n) is 15.4. The number of hydrogen-bond acceptors (Lipinski definition) is 6. The van der Waals surface area contributed by atoms with Gasteiger partial charge in [0.05, 0.1) is 12.1 Å². The summed E-state index contributed by atoms with van der Waals surface area (Å²) in [4.78, 5) is 19.4. The van der Waals surface area contributed by atoms with Crippen LogP contribution in [-0.2, 0) is 0 Å². The third kappa shape index (κ3) is 2.59. The molecule has 3 aliphatic heterocycles. The molecule has 8 heteroatoms. The number of piperidine rings is 1. The molecule has 6 rings (SSSR count). The predicted octanol–water partition coefficient (Wildman–Crippen LogP) is 1.29. The summed E-state index contributed by atoms with van der Waals surface area (Å²) in [6.07, 6.45) is 2.67. The Kier molecular flexibility index (Phi) is 3.53. The Morgan fingerprint density at radius 3 is 2.74 bits per heavy atom. The number of carbonyl (C=O) groups excluding carboxylic acids is 1. The highest BCUT2D eigenvalue weighted by Gasteiger charge is 2.47. The van der Waals surface area contributed by atoms with Crippen molar-refractivity contribution in [2.24, 2.45) is 0 Å². The average Bonchev–Trinajstić information content (AvgIpc) is 3.16. The van der Waals surface area contributed by atoms with Crippen LogP contribution in [0.3, 0.4) is 0 Å². The van der Waals surface area contributed by atoms with Crippen LogP contribution in [0.25, 0.3) is 5.65 Å². The van der Waals surface area contributed by atoms with Crippen molar-refractivity contribution < 1.29 is 4.79 Å². The second-order valence-electron chi connectivity index (χ2n) is 7.43. The molecular formula is C19H21N7O. The van der Waals surface area contributed by atoms with Crippen molar-refractivity contribution in [3.63, 3.8) is 0 Å². The lowest BCUT2D eigenvalue weighted by molar-refractivity contribution is 0.00573. The number of anilines is 2. The molecule has 8 nitrogen and oxygen atoms in total. The Morgan fingerprint density at radius 2 is 1.96 bits per heavy atom. The lowest BCUT2D eigenvalue weighted by atomic mass is 9.86. The summed E-state index contributed by atoms with van der Waals surface area (Å²) < 4.78 is 1.69. The SMILES string of the molecule is CN(C)c1cccc(C(=O)N2C3CC2CN(c2ccc4nncn4n2)C3)c1. The van der Waals surface area contributed by atoms with Gasteiger partial charge in [-0.15, -0.1) is 15.3 Å². The highest BCUT2D eigenvalue weighted by molar-refractivity contribution is 5.96. The third-order valence-corrected chi connectivity index (χ3v) is 5.51. The molecule has 3 aromatic rings. The molecule has 2 bridgehead atoms. The Labute approximate surface area is 157 Å². The molecule has 0 aliphatic carbocycles.